The lowest BCUT2D eigenvalue weighted by molar-refractivity contribution is -0.142. The van der Waals surface area contributed by atoms with Gasteiger partial charge in [0, 0.05) is 16.7 Å². The van der Waals surface area contributed by atoms with Crippen molar-refractivity contribution in [3.8, 4) is 45.3 Å². The van der Waals surface area contributed by atoms with Gasteiger partial charge in [0.2, 0.25) is 0 Å². The molecule has 2 aromatic heterocycles. The van der Waals surface area contributed by atoms with E-state index in [2.05, 4.69) is 0 Å². The molecular weight excluding hydrogens is 460 g/mol. The zero-order valence-electron chi connectivity index (χ0n) is 19.9. The second-order valence-electron chi connectivity index (χ2n) is 8.09. The Morgan fingerprint density at radius 1 is 1.00 bits per heavy atom. The van der Waals surface area contributed by atoms with Crippen LogP contribution in [0.25, 0.3) is 33.8 Å². The van der Waals surface area contributed by atoms with Crippen molar-refractivity contribution in [3.05, 3.63) is 73.0 Å². The van der Waals surface area contributed by atoms with Crippen LogP contribution in [0.2, 0.25) is 0 Å². The van der Waals surface area contributed by atoms with Crippen molar-refractivity contribution >= 4 is 17.6 Å². The number of hydrogen-bond donors (Lipinski definition) is 0. The van der Waals surface area contributed by atoms with Crippen molar-refractivity contribution in [3.63, 3.8) is 0 Å². The molecule has 1 amide bonds. The second-order valence-corrected chi connectivity index (χ2v) is 8.09. The first-order valence-corrected chi connectivity index (χ1v) is 11.5. The fourth-order valence-electron chi connectivity index (χ4n) is 4.04. The first-order valence-electron chi connectivity index (χ1n) is 11.5. The highest BCUT2D eigenvalue weighted by molar-refractivity contribution is 6.02. The molecule has 4 aromatic rings. The van der Waals surface area contributed by atoms with Gasteiger partial charge in [-0.25, -0.2) is 4.98 Å². The largest absolute Gasteiger partial charge is 0.497 e. The summed E-state index contributed by atoms with van der Waals surface area (Å²) >= 11 is 0. The summed E-state index contributed by atoms with van der Waals surface area (Å²) in [6.07, 6.45) is 1.62. The number of anilines is 1. The third-order valence-corrected chi connectivity index (χ3v) is 5.81. The quantitative estimate of drug-likeness (QED) is 0.342. The van der Waals surface area contributed by atoms with Crippen LogP contribution in [0.1, 0.15) is 6.92 Å². The molecule has 36 heavy (non-hydrogen) atoms. The molecule has 0 radical (unpaired) electrons. The topological polar surface area (TPSA) is 91.1 Å². The lowest BCUT2D eigenvalue weighted by atomic mass is 10.0. The Kier molecular flexibility index (Phi) is 6.40. The van der Waals surface area contributed by atoms with Gasteiger partial charge in [0.15, 0.2) is 6.61 Å². The number of esters is 1. The predicted molar refractivity (Wildman–Crippen MR) is 134 cm³/mol. The van der Waals surface area contributed by atoms with E-state index >= 15 is 0 Å². The van der Waals surface area contributed by atoms with Crippen LogP contribution in [0.4, 0.5) is 5.69 Å². The van der Waals surface area contributed by atoms with E-state index < -0.39 is 5.97 Å². The molecule has 0 saturated carbocycles. The third-order valence-electron chi connectivity index (χ3n) is 5.81. The fraction of sp³-hybridized carbons (Fsp3) is 0.179. The average Bonchev–Trinajstić information content (AvgIpc) is 3.45. The Morgan fingerprint density at radius 2 is 1.75 bits per heavy atom. The number of hydrogen-bond acceptors (Lipinski definition) is 7. The zero-order valence-corrected chi connectivity index (χ0v) is 19.9. The van der Waals surface area contributed by atoms with Crippen LogP contribution in [-0.4, -0.2) is 43.7 Å². The number of pyridine rings is 1. The van der Waals surface area contributed by atoms with Gasteiger partial charge >= 0.3 is 5.97 Å². The lowest BCUT2D eigenvalue weighted by Crippen LogP contribution is -2.42. The number of carbonyl (C=O) groups is 2. The number of amides is 1. The van der Waals surface area contributed by atoms with E-state index in [4.69, 9.17) is 23.6 Å². The van der Waals surface area contributed by atoms with Crippen LogP contribution in [0.3, 0.4) is 0 Å². The molecule has 2 aromatic carbocycles. The minimum atomic E-state index is -0.483. The number of nitrogens with zero attached hydrogens (tertiary/aromatic N) is 2. The smallest absolute Gasteiger partial charge is 0.326 e. The van der Waals surface area contributed by atoms with Gasteiger partial charge in [0.1, 0.15) is 23.8 Å². The molecule has 8 nitrogen and oxygen atoms in total. The number of aromatic nitrogens is 1. The minimum absolute atomic E-state index is 0.139. The van der Waals surface area contributed by atoms with Crippen LogP contribution in [0.15, 0.2) is 77.4 Å². The summed E-state index contributed by atoms with van der Waals surface area (Å²) in [5.74, 6) is 1.17. The van der Waals surface area contributed by atoms with Gasteiger partial charge in [-0.2, -0.15) is 0 Å². The molecule has 1 aliphatic rings. The molecule has 0 atom stereocenters. The summed E-state index contributed by atoms with van der Waals surface area (Å²) in [4.78, 5) is 31.1. The second kappa shape index (κ2) is 9.95. The monoisotopic (exact) mass is 484 g/mol. The van der Waals surface area contributed by atoms with Crippen molar-refractivity contribution in [2.24, 2.45) is 0 Å². The molecule has 5 rings (SSSR count). The van der Waals surface area contributed by atoms with Gasteiger partial charge in [-0.05, 0) is 73.7 Å². The highest BCUT2D eigenvalue weighted by atomic mass is 16.5. The van der Waals surface area contributed by atoms with Crippen molar-refractivity contribution in [2.75, 3.05) is 31.8 Å². The van der Waals surface area contributed by atoms with Crippen molar-refractivity contribution < 1.29 is 28.2 Å². The third kappa shape index (κ3) is 4.65. The molecule has 1 aliphatic heterocycles. The maximum Gasteiger partial charge on any atom is 0.326 e. The Balaban J connectivity index is 1.59. The predicted octanol–water partition coefficient (Wildman–Crippen LogP) is 4.97. The Morgan fingerprint density at radius 3 is 2.44 bits per heavy atom. The highest BCUT2D eigenvalue weighted by Crippen LogP contribution is 2.37. The van der Waals surface area contributed by atoms with Crippen LogP contribution in [0, 0.1) is 0 Å². The van der Waals surface area contributed by atoms with E-state index in [1.807, 2.05) is 54.6 Å². The van der Waals surface area contributed by atoms with Crippen molar-refractivity contribution in [1.29, 1.82) is 0 Å². The molecule has 8 heteroatoms. The van der Waals surface area contributed by atoms with Crippen LogP contribution < -0.4 is 14.4 Å². The number of fused-ring (bicyclic) bond motifs is 1. The van der Waals surface area contributed by atoms with Crippen LogP contribution in [-0.2, 0) is 14.3 Å². The molecule has 0 aliphatic carbocycles. The number of ether oxygens (including phenoxy) is 3. The van der Waals surface area contributed by atoms with Gasteiger partial charge in [0.25, 0.3) is 5.91 Å². The molecular formula is C28H24N2O6. The van der Waals surface area contributed by atoms with E-state index in [-0.39, 0.29) is 25.7 Å². The summed E-state index contributed by atoms with van der Waals surface area (Å²) in [6, 6.07) is 20.7. The molecule has 0 saturated heterocycles. The zero-order chi connectivity index (χ0) is 25.1. The Labute approximate surface area is 208 Å². The number of carbonyl (C=O) groups excluding carboxylic acids is 2. The van der Waals surface area contributed by atoms with Crippen molar-refractivity contribution in [1.82, 2.24) is 4.98 Å². The standard InChI is InChI=1S/C28H24N2O6/c1-3-34-28(32)16-30-24-15-19(8-11-26(24)36-17-27(30)31)23-14-20(25-5-4-12-35-25)13-22(29-23)18-6-9-21(33-2)10-7-18/h4-15H,3,16-17H2,1-2H3. The highest BCUT2D eigenvalue weighted by Gasteiger charge is 2.28. The summed E-state index contributed by atoms with van der Waals surface area (Å²) in [6.45, 7) is 1.63. The normalized spacial score (nSPS) is 12.6. The first kappa shape index (κ1) is 23.2. The van der Waals surface area contributed by atoms with E-state index in [0.29, 0.717) is 22.9 Å². The van der Waals surface area contributed by atoms with Gasteiger partial charge in [-0.1, -0.05) is 0 Å². The van der Waals surface area contributed by atoms with E-state index in [1.165, 1.54) is 4.90 Å². The van der Waals surface area contributed by atoms with E-state index in [1.54, 1.807) is 32.4 Å². The van der Waals surface area contributed by atoms with Gasteiger partial charge < -0.3 is 18.6 Å². The summed E-state index contributed by atoms with van der Waals surface area (Å²) in [5.41, 5.74) is 4.42. The van der Waals surface area contributed by atoms with Gasteiger partial charge in [-0.15, -0.1) is 0 Å². The Hall–Kier alpha value is -4.59. The summed E-state index contributed by atoms with van der Waals surface area (Å²) in [7, 11) is 1.62. The molecule has 0 spiro atoms. The number of furan rings is 1. The number of rotatable bonds is 7. The molecule has 0 bridgehead atoms. The van der Waals surface area contributed by atoms with Crippen LogP contribution >= 0.6 is 0 Å². The average molecular weight is 485 g/mol. The SMILES string of the molecule is CCOC(=O)CN1C(=O)COc2ccc(-c3cc(-c4ccco4)cc(-c4ccc(OC)cc4)n3)cc21. The lowest BCUT2D eigenvalue weighted by Gasteiger charge is -2.29. The van der Waals surface area contributed by atoms with Crippen LogP contribution in [0.5, 0.6) is 11.5 Å². The molecule has 3 heterocycles. The maximum atomic E-state index is 12.6. The van der Waals surface area contributed by atoms with Gasteiger partial charge in [-0.3, -0.25) is 14.5 Å². The fourth-order valence-corrected chi connectivity index (χ4v) is 4.04. The molecule has 182 valence electrons. The van der Waals surface area contributed by atoms with Gasteiger partial charge in [0.05, 0.1) is 37.1 Å². The van der Waals surface area contributed by atoms with Crippen molar-refractivity contribution in [2.45, 2.75) is 6.92 Å². The Bertz CT molecular complexity index is 1400. The summed E-state index contributed by atoms with van der Waals surface area (Å²) in [5, 5.41) is 0. The maximum absolute atomic E-state index is 12.6. The number of methoxy groups -OCH3 is 1. The molecule has 0 N–H and O–H groups in total. The number of benzene rings is 2. The van der Waals surface area contributed by atoms with E-state index in [9.17, 15) is 9.59 Å². The molecule has 0 unspecified atom stereocenters. The minimum Gasteiger partial charge on any atom is -0.497 e. The summed E-state index contributed by atoms with van der Waals surface area (Å²) < 4.78 is 21.6. The molecule has 0 fully saturated rings. The van der Waals surface area contributed by atoms with E-state index in [0.717, 1.165) is 28.1 Å². The first-order chi connectivity index (χ1) is 17.6.